The van der Waals surface area contributed by atoms with Gasteiger partial charge in [-0.15, -0.1) is 0 Å². The van der Waals surface area contributed by atoms with Crippen molar-refractivity contribution in [2.24, 2.45) is 11.7 Å². The highest BCUT2D eigenvalue weighted by molar-refractivity contribution is 9.10. The molecular weight excluding hydrogens is 283 g/mol. The molecule has 0 bridgehead atoms. The number of rotatable bonds is 3. The second-order valence-corrected chi connectivity index (χ2v) is 5.38. The summed E-state index contributed by atoms with van der Waals surface area (Å²) in [7, 11) is 0. The van der Waals surface area contributed by atoms with Gasteiger partial charge < -0.3 is 5.73 Å². The van der Waals surface area contributed by atoms with Gasteiger partial charge in [0.15, 0.2) is 0 Å². The average Bonchev–Trinajstić information content (AvgIpc) is 2.74. The summed E-state index contributed by atoms with van der Waals surface area (Å²) in [5, 5.41) is 0. The van der Waals surface area contributed by atoms with Crippen LogP contribution in [0.3, 0.4) is 0 Å². The lowest BCUT2D eigenvalue weighted by Crippen LogP contribution is -2.28. The molecule has 2 N–H and O–H groups in total. The quantitative estimate of drug-likeness (QED) is 0.930. The van der Waals surface area contributed by atoms with E-state index in [0.29, 0.717) is 12.5 Å². The van der Waals surface area contributed by atoms with E-state index in [2.05, 4.69) is 27.8 Å². The van der Waals surface area contributed by atoms with E-state index >= 15 is 0 Å². The van der Waals surface area contributed by atoms with Crippen molar-refractivity contribution in [3.63, 3.8) is 0 Å². The Balaban J connectivity index is 2.37. The van der Waals surface area contributed by atoms with Crippen molar-refractivity contribution in [1.29, 1.82) is 0 Å². The zero-order chi connectivity index (χ0) is 12.4. The second kappa shape index (κ2) is 5.46. The van der Waals surface area contributed by atoms with Crippen LogP contribution in [0, 0.1) is 11.7 Å². The Morgan fingerprint density at radius 1 is 1.53 bits per heavy atom. The van der Waals surface area contributed by atoms with Crippen molar-refractivity contribution in [1.82, 2.24) is 4.90 Å². The number of halogens is 2. The molecule has 4 heteroatoms. The molecule has 0 spiro atoms. The third-order valence-electron chi connectivity index (χ3n) is 3.61. The van der Waals surface area contributed by atoms with Gasteiger partial charge >= 0.3 is 0 Å². The van der Waals surface area contributed by atoms with E-state index in [9.17, 15) is 4.39 Å². The molecule has 1 aromatic carbocycles. The van der Waals surface area contributed by atoms with Crippen molar-refractivity contribution in [2.75, 3.05) is 19.6 Å². The second-order valence-electron chi connectivity index (χ2n) is 4.52. The molecule has 0 aliphatic carbocycles. The highest BCUT2D eigenvalue weighted by Crippen LogP contribution is 2.39. The summed E-state index contributed by atoms with van der Waals surface area (Å²) in [5.74, 6) is 0.245. The maximum absolute atomic E-state index is 13.4. The summed E-state index contributed by atoms with van der Waals surface area (Å²) in [6.45, 7) is 4.82. The number of hydrogen-bond donors (Lipinski definition) is 1. The molecule has 2 atom stereocenters. The number of hydrogen-bond acceptors (Lipinski definition) is 2. The molecule has 1 aromatic rings. The first-order valence-corrected chi connectivity index (χ1v) is 6.85. The van der Waals surface area contributed by atoms with E-state index in [-0.39, 0.29) is 11.9 Å². The molecule has 2 nitrogen and oxygen atoms in total. The Hall–Kier alpha value is -0.450. The number of benzene rings is 1. The summed E-state index contributed by atoms with van der Waals surface area (Å²) < 4.78 is 14.4. The van der Waals surface area contributed by atoms with Crippen LogP contribution in [0.15, 0.2) is 22.7 Å². The fourth-order valence-electron chi connectivity index (χ4n) is 2.72. The molecule has 0 saturated carbocycles. The minimum absolute atomic E-state index is 0.179. The van der Waals surface area contributed by atoms with Crippen LogP contribution < -0.4 is 5.73 Å². The predicted molar refractivity (Wildman–Crippen MR) is 71.2 cm³/mol. The van der Waals surface area contributed by atoms with Crippen LogP contribution in [0.1, 0.15) is 24.9 Å². The van der Waals surface area contributed by atoms with E-state index in [1.165, 1.54) is 6.07 Å². The van der Waals surface area contributed by atoms with E-state index < -0.39 is 0 Å². The van der Waals surface area contributed by atoms with Gasteiger partial charge in [0.25, 0.3) is 0 Å². The van der Waals surface area contributed by atoms with Crippen LogP contribution >= 0.6 is 15.9 Å². The van der Waals surface area contributed by atoms with Gasteiger partial charge in [0.05, 0.1) is 0 Å². The van der Waals surface area contributed by atoms with Gasteiger partial charge in [-0.3, -0.25) is 4.90 Å². The Morgan fingerprint density at radius 2 is 2.29 bits per heavy atom. The fraction of sp³-hybridized carbons (Fsp3) is 0.538. The Kier molecular flexibility index (Phi) is 4.17. The monoisotopic (exact) mass is 300 g/mol. The molecule has 1 aliphatic rings. The summed E-state index contributed by atoms with van der Waals surface area (Å²) in [5.41, 5.74) is 6.86. The largest absolute Gasteiger partial charge is 0.330 e. The molecule has 0 aromatic heterocycles. The summed E-state index contributed by atoms with van der Waals surface area (Å²) in [6, 6.07) is 5.14. The molecule has 94 valence electrons. The molecule has 0 radical (unpaired) electrons. The SMILES string of the molecule is CCN1CCC(CN)C1c1cc(F)ccc1Br. The lowest BCUT2D eigenvalue weighted by atomic mass is 9.94. The molecule has 1 saturated heterocycles. The first-order chi connectivity index (χ1) is 8.17. The summed E-state index contributed by atoms with van der Waals surface area (Å²) in [4.78, 5) is 2.37. The molecular formula is C13H18BrFN2. The van der Waals surface area contributed by atoms with Crippen molar-refractivity contribution in [2.45, 2.75) is 19.4 Å². The topological polar surface area (TPSA) is 29.3 Å². The summed E-state index contributed by atoms with van der Waals surface area (Å²) in [6.07, 6.45) is 1.10. The van der Waals surface area contributed by atoms with E-state index in [1.807, 2.05) is 0 Å². The standard InChI is InChI=1S/C13H18BrFN2/c1-2-17-6-5-9(8-16)13(17)11-7-10(15)3-4-12(11)14/h3-4,7,9,13H,2,5-6,8,16H2,1H3. The highest BCUT2D eigenvalue weighted by atomic mass is 79.9. The molecule has 0 amide bonds. The number of nitrogens with two attached hydrogens (primary N) is 1. The molecule has 2 unspecified atom stereocenters. The zero-order valence-electron chi connectivity index (χ0n) is 10.00. The van der Waals surface area contributed by atoms with E-state index in [1.54, 1.807) is 12.1 Å². The Labute approximate surface area is 110 Å². The van der Waals surface area contributed by atoms with Gasteiger partial charge in [0, 0.05) is 10.5 Å². The van der Waals surface area contributed by atoms with Crippen LogP contribution in [0.2, 0.25) is 0 Å². The smallest absolute Gasteiger partial charge is 0.123 e. The van der Waals surface area contributed by atoms with Gasteiger partial charge in [-0.05, 0) is 55.7 Å². The zero-order valence-corrected chi connectivity index (χ0v) is 11.6. The lowest BCUT2D eigenvalue weighted by molar-refractivity contribution is 0.240. The predicted octanol–water partition coefficient (Wildman–Crippen LogP) is 2.93. The first-order valence-electron chi connectivity index (χ1n) is 6.06. The van der Waals surface area contributed by atoms with Gasteiger partial charge in [-0.1, -0.05) is 22.9 Å². The third-order valence-corrected chi connectivity index (χ3v) is 4.33. The van der Waals surface area contributed by atoms with E-state index in [4.69, 9.17) is 5.73 Å². The van der Waals surface area contributed by atoms with Crippen LogP contribution in [0.25, 0.3) is 0 Å². The molecule has 2 rings (SSSR count). The van der Waals surface area contributed by atoms with Gasteiger partial charge in [0.2, 0.25) is 0 Å². The van der Waals surface area contributed by atoms with E-state index in [0.717, 1.165) is 29.5 Å². The highest BCUT2D eigenvalue weighted by Gasteiger charge is 2.34. The summed E-state index contributed by atoms with van der Waals surface area (Å²) >= 11 is 3.52. The minimum atomic E-state index is -0.179. The number of nitrogens with zero attached hydrogens (tertiary/aromatic N) is 1. The maximum Gasteiger partial charge on any atom is 0.123 e. The van der Waals surface area contributed by atoms with Crippen LogP contribution in [-0.4, -0.2) is 24.5 Å². The van der Waals surface area contributed by atoms with Gasteiger partial charge in [0.1, 0.15) is 5.82 Å². The lowest BCUT2D eigenvalue weighted by Gasteiger charge is -2.28. The molecule has 1 fully saturated rings. The van der Waals surface area contributed by atoms with Crippen LogP contribution in [0.5, 0.6) is 0 Å². The van der Waals surface area contributed by atoms with Crippen molar-refractivity contribution >= 4 is 15.9 Å². The Morgan fingerprint density at radius 3 is 2.94 bits per heavy atom. The molecule has 17 heavy (non-hydrogen) atoms. The maximum atomic E-state index is 13.4. The Bertz CT molecular complexity index is 385. The molecule has 1 aliphatic heterocycles. The first kappa shape index (κ1) is 13.0. The average molecular weight is 301 g/mol. The fourth-order valence-corrected chi connectivity index (χ4v) is 3.20. The molecule has 1 heterocycles. The van der Waals surface area contributed by atoms with Gasteiger partial charge in [-0.2, -0.15) is 0 Å². The van der Waals surface area contributed by atoms with Gasteiger partial charge in [-0.25, -0.2) is 4.39 Å². The normalized spacial score (nSPS) is 25.4. The minimum Gasteiger partial charge on any atom is -0.330 e. The number of likely N-dealkylation sites (tertiary alicyclic amines) is 1. The van der Waals surface area contributed by atoms with Crippen molar-refractivity contribution < 1.29 is 4.39 Å². The van der Waals surface area contributed by atoms with Crippen LogP contribution in [-0.2, 0) is 0 Å². The van der Waals surface area contributed by atoms with Crippen LogP contribution in [0.4, 0.5) is 4.39 Å². The van der Waals surface area contributed by atoms with Crippen molar-refractivity contribution in [3.8, 4) is 0 Å². The van der Waals surface area contributed by atoms with Crippen molar-refractivity contribution in [3.05, 3.63) is 34.1 Å². The third kappa shape index (κ3) is 2.54.